The summed E-state index contributed by atoms with van der Waals surface area (Å²) in [4.78, 5) is 4.24. The summed E-state index contributed by atoms with van der Waals surface area (Å²) in [6.07, 6.45) is 0.637. The summed E-state index contributed by atoms with van der Waals surface area (Å²) < 4.78 is 11.3. The van der Waals surface area contributed by atoms with E-state index in [1.54, 1.807) is 0 Å². The van der Waals surface area contributed by atoms with Crippen molar-refractivity contribution in [1.82, 2.24) is 0 Å². The van der Waals surface area contributed by atoms with Crippen molar-refractivity contribution in [2.24, 2.45) is 4.99 Å². The van der Waals surface area contributed by atoms with E-state index in [9.17, 15) is 5.11 Å². The van der Waals surface area contributed by atoms with Crippen LogP contribution in [-0.2, 0) is 9.47 Å². The molecular formula is C15H23NO3Si. The van der Waals surface area contributed by atoms with E-state index in [-0.39, 0.29) is 12.3 Å². The maximum Gasteiger partial charge on any atom is 0.383 e. The summed E-state index contributed by atoms with van der Waals surface area (Å²) in [5, 5.41) is 10.1. The standard InChI is InChI=1S/C15H23NO3Si/c1-20(2,3)14-9-10-16-15(19-14)18-11-13(17)12-7-5-4-6-8-12/h4-8,13-14,17H,9-11H2,1-3H3/t13-,14-/m0/s1. The highest BCUT2D eigenvalue weighted by Crippen LogP contribution is 2.20. The Morgan fingerprint density at radius 1 is 1.35 bits per heavy atom. The van der Waals surface area contributed by atoms with Crippen LogP contribution in [0, 0.1) is 0 Å². The second-order valence-electron chi connectivity index (χ2n) is 6.15. The van der Waals surface area contributed by atoms with Gasteiger partial charge in [-0.2, -0.15) is 0 Å². The largest absolute Gasteiger partial charge is 0.451 e. The third-order valence-electron chi connectivity index (χ3n) is 3.39. The molecule has 1 aliphatic rings. The molecule has 0 saturated heterocycles. The zero-order valence-electron chi connectivity index (χ0n) is 12.4. The van der Waals surface area contributed by atoms with Gasteiger partial charge in [-0.25, -0.2) is 4.99 Å². The highest BCUT2D eigenvalue weighted by atomic mass is 28.3. The summed E-state index contributed by atoms with van der Waals surface area (Å²) in [5.74, 6) is 0. The lowest BCUT2D eigenvalue weighted by atomic mass is 10.1. The van der Waals surface area contributed by atoms with Crippen molar-refractivity contribution >= 4 is 14.2 Å². The van der Waals surface area contributed by atoms with Gasteiger partial charge >= 0.3 is 6.08 Å². The molecule has 1 heterocycles. The fourth-order valence-corrected chi connectivity index (χ4v) is 3.55. The Morgan fingerprint density at radius 2 is 2.05 bits per heavy atom. The summed E-state index contributed by atoms with van der Waals surface area (Å²) in [6, 6.07) is 9.47. The van der Waals surface area contributed by atoms with E-state index in [0.29, 0.717) is 6.08 Å². The molecule has 1 aromatic rings. The van der Waals surface area contributed by atoms with Crippen LogP contribution < -0.4 is 0 Å². The Hall–Kier alpha value is -1.33. The number of aliphatic hydroxyl groups excluding tert-OH is 1. The van der Waals surface area contributed by atoms with E-state index in [2.05, 4.69) is 24.6 Å². The van der Waals surface area contributed by atoms with E-state index in [0.717, 1.165) is 18.5 Å². The molecule has 2 atom stereocenters. The Morgan fingerprint density at radius 3 is 2.70 bits per heavy atom. The molecule has 1 aromatic carbocycles. The highest BCUT2D eigenvalue weighted by molar-refractivity contribution is 6.77. The number of hydrogen-bond donors (Lipinski definition) is 1. The molecule has 20 heavy (non-hydrogen) atoms. The predicted octanol–water partition coefficient (Wildman–Crippen LogP) is 2.76. The van der Waals surface area contributed by atoms with E-state index >= 15 is 0 Å². The average Bonchev–Trinajstić information content (AvgIpc) is 2.45. The first-order valence-corrected chi connectivity index (χ1v) is 10.6. The minimum atomic E-state index is -1.36. The van der Waals surface area contributed by atoms with E-state index < -0.39 is 14.2 Å². The SMILES string of the molecule is C[Si](C)(C)[C@H]1CCN=C(OC[C@H](O)c2ccccc2)O1. The van der Waals surface area contributed by atoms with Crippen molar-refractivity contribution in [3.8, 4) is 0 Å². The van der Waals surface area contributed by atoms with Crippen molar-refractivity contribution in [3.05, 3.63) is 35.9 Å². The maximum absolute atomic E-state index is 10.1. The summed E-state index contributed by atoms with van der Waals surface area (Å²) in [5.41, 5.74) is 1.08. The Kier molecular flexibility index (Phi) is 4.83. The minimum absolute atomic E-state index is 0.168. The Bertz CT molecular complexity index is 456. The van der Waals surface area contributed by atoms with Crippen LogP contribution in [0.15, 0.2) is 35.3 Å². The molecule has 0 bridgehead atoms. The van der Waals surface area contributed by atoms with Crippen LogP contribution in [0.25, 0.3) is 0 Å². The summed E-state index contributed by atoms with van der Waals surface area (Å²) in [7, 11) is -1.36. The number of nitrogens with zero attached hydrogens (tertiary/aromatic N) is 1. The van der Waals surface area contributed by atoms with Gasteiger partial charge in [0.25, 0.3) is 0 Å². The van der Waals surface area contributed by atoms with E-state index in [1.165, 1.54) is 0 Å². The second kappa shape index (κ2) is 6.41. The molecular weight excluding hydrogens is 270 g/mol. The molecule has 0 spiro atoms. The maximum atomic E-state index is 10.1. The smallest absolute Gasteiger partial charge is 0.383 e. The number of aliphatic imine (C=N–C) groups is 1. The molecule has 1 N–H and O–H groups in total. The molecule has 0 radical (unpaired) electrons. The lowest BCUT2D eigenvalue weighted by molar-refractivity contribution is 0.0604. The van der Waals surface area contributed by atoms with Gasteiger partial charge < -0.3 is 14.6 Å². The Balaban J connectivity index is 1.87. The molecule has 0 aliphatic carbocycles. The molecule has 0 unspecified atom stereocenters. The molecule has 1 aliphatic heterocycles. The number of ether oxygens (including phenoxy) is 2. The van der Waals surface area contributed by atoms with E-state index in [4.69, 9.17) is 9.47 Å². The first-order chi connectivity index (χ1) is 9.47. The van der Waals surface area contributed by atoms with Crippen molar-refractivity contribution in [2.45, 2.75) is 37.9 Å². The number of hydrogen-bond acceptors (Lipinski definition) is 4. The number of rotatable bonds is 4. The second-order valence-corrected chi connectivity index (χ2v) is 11.5. The first-order valence-electron chi connectivity index (χ1n) is 7.04. The van der Waals surface area contributed by atoms with Gasteiger partial charge in [0.2, 0.25) is 0 Å². The van der Waals surface area contributed by atoms with Crippen LogP contribution in [0.3, 0.4) is 0 Å². The van der Waals surface area contributed by atoms with Crippen molar-refractivity contribution in [1.29, 1.82) is 0 Å². The van der Waals surface area contributed by atoms with Crippen LogP contribution in [0.1, 0.15) is 18.1 Å². The summed E-state index contributed by atoms with van der Waals surface area (Å²) in [6.45, 7) is 7.74. The van der Waals surface area contributed by atoms with Crippen molar-refractivity contribution < 1.29 is 14.6 Å². The van der Waals surface area contributed by atoms with Gasteiger partial charge in [-0.05, 0) is 5.56 Å². The third-order valence-corrected chi connectivity index (χ3v) is 5.73. The van der Waals surface area contributed by atoms with Crippen LogP contribution in [0.2, 0.25) is 19.6 Å². The lowest BCUT2D eigenvalue weighted by Crippen LogP contribution is -2.44. The fraction of sp³-hybridized carbons (Fsp3) is 0.533. The molecule has 0 amide bonds. The van der Waals surface area contributed by atoms with Crippen molar-refractivity contribution in [3.63, 3.8) is 0 Å². The van der Waals surface area contributed by atoms with Crippen LogP contribution in [0.4, 0.5) is 0 Å². The molecule has 110 valence electrons. The van der Waals surface area contributed by atoms with Gasteiger partial charge in [0.1, 0.15) is 12.7 Å². The summed E-state index contributed by atoms with van der Waals surface area (Å²) >= 11 is 0. The van der Waals surface area contributed by atoms with Crippen LogP contribution >= 0.6 is 0 Å². The third kappa shape index (κ3) is 4.08. The number of benzene rings is 1. The zero-order chi connectivity index (χ0) is 14.6. The van der Waals surface area contributed by atoms with Gasteiger partial charge in [-0.3, -0.25) is 0 Å². The van der Waals surface area contributed by atoms with E-state index in [1.807, 2.05) is 30.3 Å². The molecule has 0 saturated carbocycles. The van der Waals surface area contributed by atoms with Crippen LogP contribution in [-0.4, -0.2) is 38.1 Å². The molecule has 2 rings (SSSR count). The average molecular weight is 293 g/mol. The molecule has 4 nitrogen and oxygen atoms in total. The van der Waals surface area contributed by atoms with Gasteiger partial charge in [0.05, 0.1) is 13.8 Å². The van der Waals surface area contributed by atoms with Gasteiger partial charge in [0, 0.05) is 13.0 Å². The zero-order valence-corrected chi connectivity index (χ0v) is 13.4. The quantitative estimate of drug-likeness (QED) is 0.869. The van der Waals surface area contributed by atoms with Gasteiger partial charge in [0.15, 0.2) is 0 Å². The topological polar surface area (TPSA) is 51.0 Å². The monoisotopic (exact) mass is 293 g/mol. The minimum Gasteiger partial charge on any atom is -0.451 e. The first kappa shape index (κ1) is 15.1. The molecule has 5 heteroatoms. The van der Waals surface area contributed by atoms with Crippen LogP contribution in [0.5, 0.6) is 0 Å². The fourth-order valence-electron chi connectivity index (χ4n) is 2.10. The normalized spacial score (nSPS) is 20.8. The van der Waals surface area contributed by atoms with Crippen molar-refractivity contribution in [2.75, 3.05) is 13.2 Å². The molecule has 0 aromatic heterocycles. The lowest BCUT2D eigenvalue weighted by Gasteiger charge is -2.31. The van der Waals surface area contributed by atoms with Gasteiger partial charge in [-0.15, -0.1) is 0 Å². The Labute approximate surface area is 121 Å². The van der Waals surface area contributed by atoms with Gasteiger partial charge in [-0.1, -0.05) is 50.0 Å². The number of aliphatic hydroxyl groups is 1. The predicted molar refractivity (Wildman–Crippen MR) is 82.5 cm³/mol. The highest BCUT2D eigenvalue weighted by Gasteiger charge is 2.32. The molecule has 0 fully saturated rings.